The Morgan fingerprint density at radius 2 is 2.05 bits per heavy atom. The number of nitrogens with one attached hydrogen (secondary N) is 1. The van der Waals surface area contributed by atoms with Crippen molar-refractivity contribution in [2.24, 2.45) is 11.3 Å². The van der Waals surface area contributed by atoms with Gasteiger partial charge in [-0.25, -0.2) is 4.79 Å². The number of alkyl halides is 1. The average Bonchev–Trinajstić information content (AvgIpc) is 2.97. The number of hydrogen-bond acceptors (Lipinski definition) is 4. The van der Waals surface area contributed by atoms with E-state index in [-0.39, 0.29) is 15.9 Å². The smallest absolute Gasteiger partial charge is 0.407 e. The van der Waals surface area contributed by atoms with Gasteiger partial charge in [0.1, 0.15) is 5.60 Å². The van der Waals surface area contributed by atoms with E-state index in [1.54, 1.807) is 20.8 Å². The SMILES string of the molecule is CC(C)(C)OC(=O)N[C@@H]1CC[C@@](C(=O)O)([C@H]2CCOC2)C1I. The minimum atomic E-state index is -0.823. The molecular formula is C15H24INO5. The van der Waals surface area contributed by atoms with Crippen molar-refractivity contribution in [1.82, 2.24) is 5.32 Å². The van der Waals surface area contributed by atoms with Crippen molar-refractivity contribution in [3.63, 3.8) is 0 Å². The van der Waals surface area contributed by atoms with Crippen LogP contribution in [0.1, 0.15) is 40.0 Å². The quantitative estimate of drug-likeness (QED) is 0.537. The molecule has 0 aromatic heterocycles. The second-order valence-corrected chi connectivity index (χ2v) is 8.44. The lowest BCUT2D eigenvalue weighted by atomic mass is 9.73. The van der Waals surface area contributed by atoms with Crippen LogP contribution in [0.25, 0.3) is 0 Å². The summed E-state index contributed by atoms with van der Waals surface area (Å²) in [6.07, 6.45) is 1.49. The molecule has 1 aliphatic carbocycles. The lowest BCUT2D eigenvalue weighted by Crippen LogP contribution is -2.49. The lowest BCUT2D eigenvalue weighted by Gasteiger charge is -2.34. The monoisotopic (exact) mass is 425 g/mol. The van der Waals surface area contributed by atoms with E-state index in [1.807, 2.05) is 0 Å². The van der Waals surface area contributed by atoms with Gasteiger partial charge >= 0.3 is 12.1 Å². The summed E-state index contributed by atoms with van der Waals surface area (Å²) in [4.78, 5) is 23.9. The highest BCUT2D eigenvalue weighted by molar-refractivity contribution is 14.1. The van der Waals surface area contributed by atoms with Crippen molar-refractivity contribution in [2.45, 2.75) is 55.6 Å². The second-order valence-electron chi connectivity index (χ2n) is 7.10. The van der Waals surface area contributed by atoms with Crippen LogP contribution in [-0.2, 0) is 14.3 Å². The van der Waals surface area contributed by atoms with Crippen molar-refractivity contribution < 1.29 is 24.2 Å². The molecule has 126 valence electrons. The Bertz CT molecular complexity index is 444. The van der Waals surface area contributed by atoms with Crippen LogP contribution in [-0.4, -0.2) is 46.0 Å². The van der Waals surface area contributed by atoms with Crippen LogP contribution in [0, 0.1) is 11.3 Å². The zero-order chi connectivity index (χ0) is 16.5. The number of alkyl carbamates (subject to hydrolysis) is 1. The topological polar surface area (TPSA) is 84.9 Å². The molecule has 1 unspecified atom stereocenters. The summed E-state index contributed by atoms with van der Waals surface area (Å²) in [5, 5.41) is 12.7. The first-order valence-electron chi connectivity index (χ1n) is 7.61. The molecule has 0 spiro atoms. The molecule has 2 rings (SSSR count). The highest BCUT2D eigenvalue weighted by Crippen LogP contribution is 2.51. The van der Waals surface area contributed by atoms with E-state index in [0.29, 0.717) is 26.1 Å². The van der Waals surface area contributed by atoms with Crippen LogP contribution in [0.2, 0.25) is 0 Å². The Kier molecular flexibility index (Phi) is 5.26. The molecule has 7 heteroatoms. The van der Waals surface area contributed by atoms with E-state index >= 15 is 0 Å². The van der Waals surface area contributed by atoms with Gasteiger partial charge in [0.25, 0.3) is 0 Å². The van der Waals surface area contributed by atoms with Crippen LogP contribution in [0.15, 0.2) is 0 Å². The van der Waals surface area contributed by atoms with Crippen LogP contribution < -0.4 is 5.32 Å². The van der Waals surface area contributed by atoms with Gasteiger partial charge in [-0.3, -0.25) is 4.79 Å². The predicted molar refractivity (Wildman–Crippen MR) is 89.2 cm³/mol. The number of amides is 1. The number of hydrogen-bond donors (Lipinski definition) is 2. The molecule has 0 radical (unpaired) electrons. The molecule has 1 amide bonds. The Hall–Kier alpha value is -0.570. The number of carbonyl (C=O) groups excluding carboxylic acids is 1. The molecule has 22 heavy (non-hydrogen) atoms. The van der Waals surface area contributed by atoms with Gasteiger partial charge in [0.2, 0.25) is 0 Å². The average molecular weight is 425 g/mol. The minimum Gasteiger partial charge on any atom is -0.481 e. The van der Waals surface area contributed by atoms with Crippen molar-refractivity contribution >= 4 is 34.7 Å². The molecule has 1 aliphatic heterocycles. The molecule has 0 aromatic rings. The highest BCUT2D eigenvalue weighted by atomic mass is 127. The van der Waals surface area contributed by atoms with Crippen LogP contribution in [0.3, 0.4) is 0 Å². The summed E-state index contributed by atoms with van der Waals surface area (Å²) in [6.45, 7) is 6.53. The maximum Gasteiger partial charge on any atom is 0.407 e. The van der Waals surface area contributed by atoms with Gasteiger partial charge in [0.05, 0.1) is 12.0 Å². The van der Waals surface area contributed by atoms with E-state index in [2.05, 4.69) is 27.9 Å². The number of carboxylic acid groups (broad SMARTS) is 1. The van der Waals surface area contributed by atoms with Gasteiger partial charge in [0.15, 0.2) is 0 Å². The number of aliphatic carboxylic acids is 1. The zero-order valence-corrected chi connectivity index (χ0v) is 15.4. The number of carbonyl (C=O) groups is 2. The fraction of sp³-hybridized carbons (Fsp3) is 0.867. The van der Waals surface area contributed by atoms with E-state index in [1.165, 1.54) is 0 Å². The van der Waals surface area contributed by atoms with Gasteiger partial charge in [-0.15, -0.1) is 0 Å². The largest absolute Gasteiger partial charge is 0.481 e. The highest BCUT2D eigenvalue weighted by Gasteiger charge is 2.58. The summed E-state index contributed by atoms with van der Waals surface area (Å²) in [7, 11) is 0. The molecule has 2 N–H and O–H groups in total. The van der Waals surface area contributed by atoms with Gasteiger partial charge in [-0.1, -0.05) is 22.6 Å². The Labute approximate surface area is 144 Å². The molecule has 1 heterocycles. The molecule has 6 nitrogen and oxygen atoms in total. The third kappa shape index (κ3) is 3.50. The third-order valence-electron chi connectivity index (χ3n) is 4.47. The number of carboxylic acids is 1. The molecule has 1 saturated carbocycles. The number of rotatable bonds is 3. The maximum atomic E-state index is 12.0. The molecule has 4 atom stereocenters. The van der Waals surface area contributed by atoms with Crippen LogP contribution in [0.5, 0.6) is 0 Å². The standard InChI is InChI=1S/C15H24INO5/c1-14(2,3)22-13(20)17-10-4-6-15(11(10)16,12(18)19)9-5-7-21-8-9/h9-11H,4-8H2,1-3H3,(H,17,20)(H,18,19)/t9-,10+,11?,15+/m0/s1. The van der Waals surface area contributed by atoms with Crippen molar-refractivity contribution in [1.29, 1.82) is 0 Å². The first-order valence-corrected chi connectivity index (χ1v) is 8.86. The molecule has 0 bridgehead atoms. The van der Waals surface area contributed by atoms with Crippen LogP contribution >= 0.6 is 22.6 Å². The minimum absolute atomic E-state index is 0.0114. The van der Waals surface area contributed by atoms with E-state index in [4.69, 9.17) is 9.47 Å². The van der Waals surface area contributed by atoms with Crippen molar-refractivity contribution in [3.05, 3.63) is 0 Å². The summed E-state index contributed by atoms with van der Waals surface area (Å²) < 4.78 is 10.5. The Morgan fingerprint density at radius 3 is 2.55 bits per heavy atom. The number of halogens is 1. The van der Waals surface area contributed by atoms with Gasteiger partial charge < -0.3 is 19.9 Å². The summed E-state index contributed by atoms with van der Waals surface area (Å²) >= 11 is 2.18. The first kappa shape index (κ1) is 17.8. The molecule has 1 saturated heterocycles. The maximum absolute atomic E-state index is 12.0. The van der Waals surface area contributed by atoms with Crippen LogP contribution in [0.4, 0.5) is 4.79 Å². The van der Waals surface area contributed by atoms with E-state index in [0.717, 1.165) is 6.42 Å². The van der Waals surface area contributed by atoms with Gasteiger partial charge in [0, 0.05) is 22.5 Å². The second kappa shape index (κ2) is 6.51. The first-order chi connectivity index (χ1) is 10.2. The Balaban J connectivity index is 2.08. The lowest BCUT2D eigenvalue weighted by molar-refractivity contribution is -0.151. The fourth-order valence-electron chi connectivity index (χ4n) is 3.41. The van der Waals surface area contributed by atoms with E-state index in [9.17, 15) is 14.7 Å². The predicted octanol–water partition coefficient (Wildman–Crippen LogP) is 2.58. The fourth-order valence-corrected chi connectivity index (χ4v) is 5.04. The Morgan fingerprint density at radius 1 is 1.36 bits per heavy atom. The number of ether oxygens (including phenoxy) is 2. The summed E-state index contributed by atoms with van der Waals surface area (Å²) in [6, 6.07) is -0.188. The molecular weight excluding hydrogens is 401 g/mol. The zero-order valence-electron chi connectivity index (χ0n) is 13.2. The van der Waals surface area contributed by atoms with Crippen molar-refractivity contribution in [3.8, 4) is 0 Å². The summed E-state index contributed by atoms with van der Waals surface area (Å²) in [5.74, 6) is -0.770. The molecule has 2 aliphatic rings. The van der Waals surface area contributed by atoms with Crippen molar-refractivity contribution in [2.75, 3.05) is 13.2 Å². The van der Waals surface area contributed by atoms with E-state index < -0.39 is 23.1 Å². The summed E-state index contributed by atoms with van der Waals surface area (Å²) in [5.41, 5.74) is -1.39. The normalized spacial score (nSPS) is 35.4. The molecule has 2 fully saturated rings. The molecule has 0 aromatic carbocycles. The van der Waals surface area contributed by atoms with Gasteiger partial charge in [-0.05, 0) is 40.0 Å². The van der Waals surface area contributed by atoms with Gasteiger partial charge in [-0.2, -0.15) is 0 Å². The third-order valence-corrected chi connectivity index (χ3v) is 6.45.